The number of carbonyl (C=O) groups excluding carboxylic acids is 1. The van der Waals surface area contributed by atoms with E-state index in [9.17, 15) is 14.9 Å². The van der Waals surface area contributed by atoms with Crippen molar-refractivity contribution in [3.8, 4) is 5.75 Å². The minimum Gasteiger partial charge on any atom is -0.482 e. The van der Waals surface area contributed by atoms with E-state index in [-0.39, 0.29) is 29.0 Å². The van der Waals surface area contributed by atoms with Gasteiger partial charge in [-0.25, -0.2) is 0 Å². The summed E-state index contributed by atoms with van der Waals surface area (Å²) in [6.45, 7) is 4.65. The first kappa shape index (κ1) is 19.0. The Morgan fingerprint density at radius 1 is 1.19 bits per heavy atom. The Kier molecular flexibility index (Phi) is 5.81. The topological polar surface area (TPSA) is 75.9 Å². The number of nitro benzene ring substituents is 1. The fourth-order valence-electron chi connectivity index (χ4n) is 2.99. The number of halogens is 1. The number of ether oxygens (including phenoxy) is 1. The predicted octanol–water partition coefficient (Wildman–Crippen LogP) is 3.28. The molecule has 0 spiro atoms. The van der Waals surface area contributed by atoms with Crippen LogP contribution in [0.25, 0.3) is 0 Å². The Balaban J connectivity index is 1.52. The van der Waals surface area contributed by atoms with Crippen molar-refractivity contribution in [2.24, 2.45) is 0 Å². The lowest BCUT2D eigenvalue weighted by Gasteiger charge is -2.36. The average Bonchev–Trinajstić information content (AvgIpc) is 2.66. The van der Waals surface area contributed by atoms with Gasteiger partial charge in [0, 0.05) is 44.0 Å². The third-order valence-corrected chi connectivity index (χ3v) is 4.77. The molecule has 0 radical (unpaired) electrons. The van der Waals surface area contributed by atoms with Gasteiger partial charge in [-0.3, -0.25) is 14.9 Å². The second-order valence-corrected chi connectivity index (χ2v) is 6.77. The largest absolute Gasteiger partial charge is 0.482 e. The van der Waals surface area contributed by atoms with Crippen molar-refractivity contribution in [3.05, 3.63) is 63.2 Å². The van der Waals surface area contributed by atoms with Crippen LogP contribution in [0.3, 0.4) is 0 Å². The summed E-state index contributed by atoms with van der Waals surface area (Å²) in [6, 6.07) is 12.2. The van der Waals surface area contributed by atoms with Gasteiger partial charge in [-0.15, -0.1) is 0 Å². The highest BCUT2D eigenvalue weighted by atomic mass is 35.5. The Bertz CT molecular complexity index is 851. The summed E-state index contributed by atoms with van der Waals surface area (Å²) in [5, 5.41) is 10.8. The van der Waals surface area contributed by atoms with Crippen LogP contribution in [0, 0.1) is 17.0 Å². The van der Waals surface area contributed by atoms with Crippen LogP contribution in [0.15, 0.2) is 42.5 Å². The summed E-state index contributed by atoms with van der Waals surface area (Å²) < 4.78 is 5.45. The van der Waals surface area contributed by atoms with E-state index in [1.54, 1.807) is 4.90 Å². The molecule has 0 unspecified atom stereocenters. The number of nitrogens with zero attached hydrogens (tertiary/aromatic N) is 3. The van der Waals surface area contributed by atoms with Crippen molar-refractivity contribution in [3.63, 3.8) is 0 Å². The van der Waals surface area contributed by atoms with Gasteiger partial charge in [0.15, 0.2) is 6.61 Å². The molecule has 0 N–H and O–H groups in total. The van der Waals surface area contributed by atoms with Crippen molar-refractivity contribution >= 4 is 28.9 Å². The molecule has 8 heteroatoms. The summed E-state index contributed by atoms with van der Waals surface area (Å²) in [5.41, 5.74) is 2.25. The van der Waals surface area contributed by atoms with Crippen LogP contribution in [-0.2, 0) is 4.79 Å². The summed E-state index contributed by atoms with van der Waals surface area (Å²) in [4.78, 5) is 26.6. The van der Waals surface area contributed by atoms with Crippen molar-refractivity contribution in [2.75, 3.05) is 37.7 Å². The molecule has 2 aromatic carbocycles. The van der Waals surface area contributed by atoms with Crippen LogP contribution in [0.4, 0.5) is 11.4 Å². The van der Waals surface area contributed by atoms with Crippen molar-refractivity contribution in [1.82, 2.24) is 4.90 Å². The zero-order valence-corrected chi connectivity index (χ0v) is 15.7. The van der Waals surface area contributed by atoms with Gasteiger partial charge in [0.2, 0.25) is 0 Å². The number of amides is 1. The number of piperazine rings is 1. The maximum absolute atomic E-state index is 12.4. The van der Waals surface area contributed by atoms with Gasteiger partial charge in [-0.05, 0) is 30.7 Å². The zero-order chi connectivity index (χ0) is 19.4. The molecule has 3 rings (SSSR count). The molecule has 0 saturated carbocycles. The highest BCUT2D eigenvalue weighted by Crippen LogP contribution is 2.28. The lowest BCUT2D eigenvalue weighted by molar-refractivity contribution is -0.384. The molecule has 27 heavy (non-hydrogen) atoms. The van der Waals surface area contributed by atoms with Crippen molar-refractivity contribution in [1.29, 1.82) is 0 Å². The second kappa shape index (κ2) is 8.26. The number of hydrogen-bond donors (Lipinski definition) is 0. The first-order valence-electron chi connectivity index (χ1n) is 8.60. The molecule has 7 nitrogen and oxygen atoms in total. The molecule has 1 aliphatic heterocycles. The fourth-order valence-corrected chi connectivity index (χ4v) is 3.22. The predicted molar refractivity (Wildman–Crippen MR) is 104 cm³/mol. The maximum Gasteiger partial charge on any atom is 0.271 e. The molecule has 1 saturated heterocycles. The van der Waals surface area contributed by atoms with Gasteiger partial charge in [0.25, 0.3) is 11.6 Å². The van der Waals surface area contributed by atoms with Gasteiger partial charge in [-0.2, -0.15) is 0 Å². The molecule has 2 aromatic rings. The van der Waals surface area contributed by atoms with Crippen LogP contribution in [0.1, 0.15) is 5.56 Å². The SMILES string of the molecule is Cc1cccc(N2CCN(C(=O)COc3ccc([N+](=O)[O-])cc3Cl)CC2)c1. The molecule has 0 atom stereocenters. The van der Waals surface area contributed by atoms with Gasteiger partial charge < -0.3 is 14.5 Å². The van der Waals surface area contributed by atoms with E-state index in [2.05, 4.69) is 30.0 Å². The molecular weight excluding hydrogens is 370 g/mol. The Morgan fingerprint density at radius 2 is 1.93 bits per heavy atom. The van der Waals surface area contributed by atoms with E-state index in [4.69, 9.17) is 16.3 Å². The Morgan fingerprint density at radius 3 is 2.56 bits per heavy atom. The van der Waals surface area contributed by atoms with Gasteiger partial charge in [-0.1, -0.05) is 23.7 Å². The number of nitro groups is 1. The summed E-state index contributed by atoms with van der Waals surface area (Å²) in [6.07, 6.45) is 0. The van der Waals surface area contributed by atoms with Crippen LogP contribution in [0.5, 0.6) is 5.75 Å². The molecule has 0 bridgehead atoms. The number of non-ortho nitro benzene ring substituents is 1. The van der Waals surface area contributed by atoms with E-state index in [1.165, 1.54) is 23.8 Å². The summed E-state index contributed by atoms with van der Waals surface area (Å²) >= 11 is 5.98. The summed E-state index contributed by atoms with van der Waals surface area (Å²) in [5.74, 6) is 0.127. The number of rotatable bonds is 5. The lowest BCUT2D eigenvalue weighted by atomic mass is 10.2. The molecule has 0 aromatic heterocycles. The molecular formula is C19H20ClN3O4. The maximum atomic E-state index is 12.4. The van der Waals surface area contributed by atoms with Crippen LogP contribution in [0.2, 0.25) is 5.02 Å². The molecule has 1 heterocycles. The lowest BCUT2D eigenvalue weighted by Crippen LogP contribution is -2.50. The smallest absolute Gasteiger partial charge is 0.271 e. The quantitative estimate of drug-likeness (QED) is 0.579. The third kappa shape index (κ3) is 4.68. The van der Waals surface area contributed by atoms with Gasteiger partial charge in [0.05, 0.1) is 9.95 Å². The second-order valence-electron chi connectivity index (χ2n) is 6.37. The van der Waals surface area contributed by atoms with E-state index in [0.717, 1.165) is 18.8 Å². The van der Waals surface area contributed by atoms with Crippen LogP contribution in [-0.4, -0.2) is 48.5 Å². The highest BCUT2D eigenvalue weighted by Gasteiger charge is 2.22. The first-order chi connectivity index (χ1) is 12.9. The van der Waals surface area contributed by atoms with Gasteiger partial charge >= 0.3 is 0 Å². The van der Waals surface area contributed by atoms with Gasteiger partial charge in [0.1, 0.15) is 5.75 Å². The normalized spacial score (nSPS) is 14.1. The number of benzene rings is 2. The molecule has 1 amide bonds. The standard InChI is InChI=1S/C19H20ClN3O4/c1-14-3-2-4-15(11-14)21-7-9-22(10-8-21)19(24)13-27-18-6-5-16(23(25)26)12-17(18)20/h2-6,11-12H,7-10,13H2,1H3. The average molecular weight is 390 g/mol. The minimum absolute atomic E-state index is 0.112. The van der Waals surface area contributed by atoms with E-state index in [0.29, 0.717) is 13.1 Å². The fraction of sp³-hybridized carbons (Fsp3) is 0.316. The first-order valence-corrected chi connectivity index (χ1v) is 8.98. The van der Waals surface area contributed by atoms with Crippen LogP contribution < -0.4 is 9.64 Å². The molecule has 0 aliphatic carbocycles. The molecule has 142 valence electrons. The number of carbonyl (C=O) groups is 1. The summed E-state index contributed by atoms with van der Waals surface area (Å²) in [7, 11) is 0. The Hall–Kier alpha value is -2.80. The van der Waals surface area contributed by atoms with Crippen molar-refractivity contribution < 1.29 is 14.5 Å². The van der Waals surface area contributed by atoms with E-state index in [1.807, 2.05) is 6.07 Å². The van der Waals surface area contributed by atoms with Crippen molar-refractivity contribution in [2.45, 2.75) is 6.92 Å². The van der Waals surface area contributed by atoms with E-state index < -0.39 is 4.92 Å². The molecule has 1 aliphatic rings. The van der Waals surface area contributed by atoms with Crippen LogP contribution >= 0.6 is 11.6 Å². The highest BCUT2D eigenvalue weighted by molar-refractivity contribution is 6.32. The number of hydrogen-bond acceptors (Lipinski definition) is 5. The monoisotopic (exact) mass is 389 g/mol. The van der Waals surface area contributed by atoms with E-state index >= 15 is 0 Å². The zero-order valence-electron chi connectivity index (χ0n) is 14.9. The Labute approximate surface area is 162 Å². The molecule has 1 fully saturated rings. The third-order valence-electron chi connectivity index (χ3n) is 4.48. The minimum atomic E-state index is -0.533. The number of aryl methyl sites for hydroxylation is 1. The number of anilines is 1.